The van der Waals surface area contributed by atoms with Crippen molar-refractivity contribution in [1.29, 1.82) is 0 Å². The number of ether oxygens (including phenoxy) is 1. The molecular formula is C19H16N2O4. The third-order valence-corrected chi connectivity index (χ3v) is 3.81. The van der Waals surface area contributed by atoms with Crippen molar-refractivity contribution in [2.45, 2.75) is 6.92 Å². The molecule has 126 valence electrons. The first-order chi connectivity index (χ1) is 12.0. The van der Waals surface area contributed by atoms with Crippen molar-refractivity contribution in [1.82, 2.24) is 0 Å². The molecular weight excluding hydrogens is 320 g/mol. The van der Waals surface area contributed by atoms with Crippen LogP contribution in [-0.2, 0) is 4.79 Å². The minimum atomic E-state index is -1.05. The molecule has 0 aliphatic carbocycles. The molecule has 0 fully saturated rings. The van der Waals surface area contributed by atoms with E-state index in [0.29, 0.717) is 22.7 Å². The Morgan fingerprint density at radius 2 is 1.96 bits per heavy atom. The van der Waals surface area contributed by atoms with Crippen molar-refractivity contribution in [2.24, 2.45) is 5.10 Å². The molecule has 0 bridgehead atoms. The lowest BCUT2D eigenvalue weighted by Crippen LogP contribution is -2.21. The zero-order valence-corrected chi connectivity index (χ0v) is 13.8. The smallest absolute Gasteiger partial charge is 0.335 e. The van der Waals surface area contributed by atoms with Gasteiger partial charge in [-0.3, -0.25) is 4.79 Å². The van der Waals surface area contributed by atoms with Gasteiger partial charge in [0.25, 0.3) is 5.91 Å². The van der Waals surface area contributed by atoms with Crippen molar-refractivity contribution in [3.63, 3.8) is 0 Å². The van der Waals surface area contributed by atoms with E-state index >= 15 is 0 Å². The Bertz CT molecular complexity index is 915. The first-order valence-electron chi connectivity index (χ1n) is 7.59. The topological polar surface area (TPSA) is 79.2 Å². The Morgan fingerprint density at radius 1 is 1.20 bits per heavy atom. The number of anilines is 1. The average Bonchev–Trinajstić information content (AvgIpc) is 2.90. The SMILES string of the molecule is COc1cccc(C=C2C(=O)N(c3cccc(C(=O)O)c3)N=C2C)c1. The molecule has 1 heterocycles. The van der Waals surface area contributed by atoms with E-state index in [-0.39, 0.29) is 11.5 Å². The van der Waals surface area contributed by atoms with Crippen LogP contribution in [0.4, 0.5) is 5.69 Å². The van der Waals surface area contributed by atoms with Crippen LogP contribution in [-0.4, -0.2) is 29.8 Å². The standard InChI is InChI=1S/C19H16N2O4/c1-12-17(10-13-5-3-8-16(9-13)25-2)18(22)21(20-12)15-7-4-6-14(11-15)19(23)24/h3-11H,1-2H3,(H,23,24). The minimum Gasteiger partial charge on any atom is -0.497 e. The summed E-state index contributed by atoms with van der Waals surface area (Å²) in [6, 6.07) is 13.5. The number of aromatic carboxylic acids is 1. The number of carbonyl (C=O) groups excluding carboxylic acids is 1. The fourth-order valence-electron chi connectivity index (χ4n) is 2.53. The summed E-state index contributed by atoms with van der Waals surface area (Å²) in [5.74, 6) is -0.662. The van der Waals surface area contributed by atoms with Gasteiger partial charge in [0, 0.05) is 0 Å². The lowest BCUT2D eigenvalue weighted by atomic mass is 10.1. The van der Waals surface area contributed by atoms with Crippen molar-refractivity contribution in [3.05, 3.63) is 65.2 Å². The summed E-state index contributed by atoms with van der Waals surface area (Å²) in [4.78, 5) is 23.8. The Balaban J connectivity index is 1.95. The highest BCUT2D eigenvalue weighted by Gasteiger charge is 2.29. The lowest BCUT2D eigenvalue weighted by molar-refractivity contribution is -0.114. The molecule has 1 N–H and O–H groups in total. The van der Waals surface area contributed by atoms with Gasteiger partial charge >= 0.3 is 5.97 Å². The van der Waals surface area contributed by atoms with Crippen LogP contribution in [0.3, 0.4) is 0 Å². The van der Waals surface area contributed by atoms with Crippen LogP contribution in [0.2, 0.25) is 0 Å². The summed E-state index contributed by atoms with van der Waals surface area (Å²) in [5.41, 5.74) is 2.35. The molecule has 25 heavy (non-hydrogen) atoms. The van der Waals surface area contributed by atoms with Gasteiger partial charge in [-0.15, -0.1) is 0 Å². The van der Waals surface area contributed by atoms with Gasteiger partial charge in [0.15, 0.2) is 0 Å². The number of benzene rings is 2. The molecule has 0 saturated carbocycles. The van der Waals surface area contributed by atoms with E-state index in [0.717, 1.165) is 5.56 Å². The molecule has 1 aliphatic rings. The van der Waals surface area contributed by atoms with Crippen LogP contribution < -0.4 is 9.75 Å². The summed E-state index contributed by atoms with van der Waals surface area (Å²) >= 11 is 0. The van der Waals surface area contributed by atoms with Gasteiger partial charge in [-0.25, -0.2) is 4.79 Å². The summed E-state index contributed by atoms with van der Waals surface area (Å²) in [7, 11) is 1.58. The quantitative estimate of drug-likeness (QED) is 0.870. The molecule has 0 atom stereocenters. The largest absolute Gasteiger partial charge is 0.497 e. The first kappa shape index (κ1) is 16.4. The second-order valence-electron chi connectivity index (χ2n) is 5.49. The van der Waals surface area contributed by atoms with E-state index < -0.39 is 5.97 Å². The van der Waals surface area contributed by atoms with Gasteiger partial charge in [0.05, 0.1) is 29.6 Å². The molecule has 0 spiro atoms. The van der Waals surface area contributed by atoms with Crippen LogP contribution in [0.15, 0.2) is 59.2 Å². The molecule has 2 aromatic carbocycles. The maximum atomic E-state index is 12.7. The van der Waals surface area contributed by atoms with Gasteiger partial charge in [0.1, 0.15) is 5.75 Å². The average molecular weight is 336 g/mol. The maximum Gasteiger partial charge on any atom is 0.335 e. The van der Waals surface area contributed by atoms with E-state index in [2.05, 4.69) is 5.10 Å². The minimum absolute atomic E-state index is 0.100. The summed E-state index contributed by atoms with van der Waals surface area (Å²) in [6.45, 7) is 1.74. The number of hydrogen-bond donors (Lipinski definition) is 1. The second-order valence-corrected chi connectivity index (χ2v) is 5.49. The highest BCUT2D eigenvalue weighted by atomic mass is 16.5. The van der Waals surface area contributed by atoms with Crippen LogP contribution >= 0.6 is 0 Å². The van der Waals surface area contributed by atoms with Gasteiger partial charge < -0.3 is 9.84 Å². The summed E-state index contributed by atoms with van der Waals surface area (Å²) in [5, 5.41) is 14.6. The third kappa shape index (κ3) is 3.28. The van der Waals surface area contributed by atoms with Crippen LogP contribution in [0.1, 0.15) is 22.8 Å². The number of hydrazone groups is 1. The molecule has 3 rings (SSSR count). The van der Waals surface area contributed by atoms with Crippen LogP contribution in [0.5, 0.6) is 5.75 Å². The zero-order chi connectivity index (χ0) is 18.0. The van der Waals surface area contributed by atoms with Crippen molar-refractivity contribution < 1.29 is 19.4 Å². The normalized spacial score (nSPS) is 15.4. The van der Waals surface area contributed by atoms with E-state index in [4.69, 9.17) is 9.84 Å². The van der Waals surface area contributed by atoms with E-state index in [9.17, 15) is 9.59 Å². The van der Waals surface area contributed by atoms with Gasteiger partial charge in [-0.2, -0.15) is 10.1 Å². The summed E-state index contributed by atoms with van der Waals surface area (Å²) in [6.07, 6.45) is 1.74. The Hall–Kier alpha value is -3.41. The fourth-order valence-corrected chi connectivity index (χ4v) is 2.53. The van der Waals surface area contributed by atoms with Crippen LogP contribution in [0.25, 0.3) is 6.08 Å². The molecule has 6 heteroatoms. The number of rotatable bonds is 4. The van der Waals surface area contributed by atoms with E-state index in [1.165, 1.54) is 17.1 Å². The number of carboxylic acid groups (broad SMARTS) is 1. The predicted octanol–water partition coefficient (Wildman–Crippen LogP) is 3.20. The third-order valence-electron chi connectivity index (χ3n) is 3.81. The van der Waals surface area contributed by atoms with Crippen molar-refractivity contribution >= 4 is 29.4 Å². The molecule has 0 radical (unpaired) electrons. The van der Waals surface area contributed by atoms with Gasteiger partial charge in [-0.1, -0.05) is 18.2 Å². The number of carbonyl (C=O) groups is 2. The highest BCUT2D eigenvalue weighted by molar-refractivity contribution is 6.32. The van der Waals surface area contributed by atoms with Crippen molar-refractivity contribution in [3.8, 4) is 5.75 Å². The molecule has 1 amide bonds. The number of amides is 1. The molecule has 0 saturated heterocycles. The van der Waals surface area contributed by atoms with Gasteiger partial charge in [-0.05, 0) is 48.9 Å². The zero-order valence-electron chi connectivity index (χ0n) is 13.8. The molecule has 2 aromatic rings. The summed E-state index contributed by atoms with van der Waals surface area (Å²) < 4.78 is 5.19. The molecule has 1 aliphatic heterocycles. The molecule has 6 nitrogen and oxygen atoms in total. The van der Waals surface area contributed by atoms with E-state index in [1.807, 2.05) is 24.3 Å². The Labute approximate surface area is 144 Å². The second kappa shape index (κ2) is 6.60. The fraction of sp³-hybridized carbons (Fsp3) is 0.105. The Kier molecular flexibility index (Phi) is 4.35. The number of methoxy groups -OCH3 is 1. The van der Waals surface area contributed by atoms with Crippen molar-refractivity contribution in [2.75, 3.05) is 12.1 Å². The van der Waals surface area contributed by atoms with E-state index in [1.54, 1.807) is 32.2 Å². The highest BCUT2D eigenvalue weighted by Crippen LogP contribution is 2.26. The van der Waals surface area contributed by atoms with Gasteiger partial charge in [0.2, 0.25) is 0 Å². The van der Waals surface area contributed by atoms with Crippen LogP contribution in [0, 0.1) is 0 Å². The number of carboxylic acids is 1. The predicted molar refractivity (Wildman–Crippen MR) is 95.0 cm³/mol. The maximum absolute atomic E-state index is 12.7. The molecule has 0 aromatic heterocycles. The lowest BCUT2D eigenvalue weighted by Gasteiger charge is -2.12. The molecule has 0 unspecified atom stereocenters. The number of hydrogen-bond acceptors (Lipinski definition) is 4. The monoisotopic (exact) mass is 336 g/mol. The number of nitrogens with zero attached hydrogens (tertiary/aromatic N) is 2. The Morgan fingerprint density at radius 3 is 2.68 bits per heavy atom. The first-order valence-corrected chi connectivity index (χ1v) is 7.59.